The van der Waals surface area contributed by atoms with Crippen molar-refractivity contribution in [3.8, 4) is 5.75 Å². The van der Waals surface area contributed by atoms with Gasteiger partial charge in [0.2, 0.25) is 0 Å². The molecule has 1 aliphatic rings. The number of rotatable bonds is 5. The number of H-pyrrole nitrogens is 1. The Kier molecular flexibility index (Phi) is 5.54. The van der Waals surface area contributed by atoms with Crippen molar-refractivity contribution in [3.63, 3.8) is 0 Å². The van der Waals surface area contributed by atoms with Gasteiger partial charge in [-0.25, -0.2) is 4.98 Å². The first-order chi connectivity index (χ1) is 14.4. The number of hydrogen-bond donors (Lipinski definition) is 1. The minimum atomic E-state index is -0.421. The maximum Gasteiger partial charge on any atom is 0.286 e. The van der Waals surface area contributed by atoms with Gasteiger partial charge < -0.3 is 9.64 Å². The molecule has 1 amide bonds. The summed E-state index contributed by atoms with van der Waals surface area (Å²) in [6.07, 6.45) is 1.32. The first kappa shape index (κ1) is 20.1. The SMILES string of the molecule is Cc1nc2ncc(C(=O)N3CCN(CCOc4cccc(C)c4C)CC3)c(=O)n2[nH]1. The normalized spacial score (nSPS) is 15.0. The van der Waals surface area contributed by atoms with E-state index in [1.807, 2.05) is 12.1 Å². The van der Waals surface area contributed by atoms with E-state index in [0.717, 1.165) is 30.9 Å². The Balaban J connectivity index is 1.32. The number of amides is 1. The highest BCUT2D eigenvalue weighted by atomic mass is 16.5. The molecule has 0 radical (unpaired) electrons. The van der Waals surface area contributed by atoms with Gasteiger partial charge in [-0.2, -0.15) is 9.50 Å². The number of carbonyl (C=O) groups excluding carboxylic acids is 1. The van der Waals surface area contributed by atoms with Crippen molar-refractivity contribution in [1.82, 2.24) is 29.4 Å². The number of nitrogens with zero attached hydrogens (tertiary/aromatic N) is 5. The van der Waals surface area contributed by atoms with Crippen LogP contribution in [0.25, 0.3) is 5.78 Å². The lowest BCUT2D eigenvalue weighted by Gasteiger charge is -2.34. The highest BCUT2D eigenvalue weighted by Gasteiger charge is 2.25. The zero-order chi connectivity index (χ0) is 21.3. The summed E-state index contributed by atoms with van der Waals surface area (Å²) in [7, 11) is 0. The first-order valence-electron chi connectivity index (χ1n) is 10.1. The number of hydrogen-bond acceptors (Lipinski definition) is 6. The summed E-state index contributed by atoms with van der Waals surface area (Å²) >= 11 is 0. The minimum Gasteiger partial charge on any atom is -0.492 e. The molecular weight excluding hydrogens is 384 g/mol. The maximum absolute atomic E-state index is 12.8. The molecule has 0 spiro atoms. The molecule has 1 aliphatic heterocycles. The fourth-order valence-corrected chi connectivity index (χ4v) is 3.62. The van der Waals surface area contributed by atoms with Crippen LogP contribution in [-0.2, 0) is 0 Å². The predicted molar refractivity (Wildman–Crippen MR) is 112 cm³/mol. The number of fused-ring (bicyclic) bond motifs is 1. The van der Waals surface area contributed by atoms with E-state index in [2.05, 4.69) is 39.9 Å². The molecule has 1 fully saturated rings. The van der Waals surface area contributed by atoms with Crippen LogP contribution >= 0.6 is 0 Å². The van der Waals surface area contributed by atoms with Crippen LogP contribution in [-0.4, -0.2) is 74.6 Å². The molecule has 0 unspecified atom stereocenters. The molecule has 1 aromatic carbocycles. The van der Waals surface area contributed by atoms with Crippen LogP contribution < -0.4 is 10.3 Å². The van der Waals surface area contributed by atoms with Gasteiger partial charge in [-0.15, -0.1) is 0 Å². The summed E-state index contributed by atoms with van der Waals surface area (Å²) in [5, 5.41) is 2.81. The highest BCUT2D eigenvalue weighted by molar-refractivity contribution is 5.93. The third-order valence-electron chi connectivity index (χ3n) is 5.59. The highest BCUT2D eigenvalue weighted by Crippen LogP contribution is 2.20. The average molecular weight is 410 g/mol. The van der Waals surface area contributed by atoms with Crippen LogP contribution in [0.2, 0.25) is 0 Å². The molecule has 9 nitrogen and oxygen atoms in total. The molecule has 9 heteroatoms. The van der Waals surface area contributed by atoms with Crippen molar-refractivity contribution in [2.45, 2.75) is 20.8 Å². The molecule has 4 rings (SSSR count). The second kappa shape index (κ2) is 8.27. The van der Waals surface area contributed by atoms with Gasteiger partial charge in [0, 0.05) is 38.9 Å². The summed E-state index contributed by atoms with van der Waals surface area (Å²) in [5.74, 6) is 1.46. The zero-order valence-electron chi connectivity index (χ0n) is 17.5. The fraction of sp³-hybridized carbons (Fsp3) is 0.429. The molecule has 3 heterocycles. The van der Waals surface area contributed by atoms with Crippen LogP contribution in [0.4, 0.5) is 0 Å². The molecule has 0 aliphatic carbocycles. The molecule has 3 aromatic rings. The number of aromatic nitrogens is 4. The van der Waals surface area contributed by atoms with E-state index in [1.54, 1.807) is 11.8 Å². The van der Waals surface area contributed by atoms with Gasteiger partial charge in [-0.1, -0.05) is 12.1 Å². The van der Waals surface area contributed by atoms with Crippen LogP contribution in [0.1, 0.15) is 27.3 Å². The quantitative estimate of drug-likeness (QED) is 0.679. The number of ether oxygens (including phenoxy) is 1. The Morgan fingerprint density at radius 3 is 2.70 bits per heavy atom. The number of benzene rings is 1. The van der Waals surface area contributed by atoms with Gasteiger partial charge in [-0.3, -0.25) is 19.6 Å². The number of carbonyl (C=O) groups is 1. The van der Waals surface area contributed by atoms with Crippen molar-refractivity contribution >= 4 is 11.7 Å². The Labute approximate surface area is 174 Å². The lowest BCUT2D eigenvalue weighted by molar-refractivity contribution is 0.0617. The zero-order valence-corrected chi connectivity index (χ0v) is 17.5. The Bertz CT molecular complexity index is 1130. The second-order valence-electron chi connectivity index (χ2n) is 7.60. The summed E-state index contributed by atoms with van der Waals surface area (Å²) in [5.41, 5.74) is 2.02. The van der Waals surface area contributed by atoms with Gasteiger partial charge in [0.05, 0.1) is 0 Å². The summed E-state index contributed by atoms with van der Waals surface area (Å²) in [6, 6.07) is 6.07. The number of aryl methyl sites for hydroxylation is 2. The fourth-order valence-electron chi connectivity index (χ4n) is 3.62. The Hall–Kier alpha value is -3.20. The van der Waals surface area contributed by atoms with Gasteiger partial charge in [0.1, 0.15) is 23.7 Å². The first-order valence-corrected chi connectivity index (χ1v) is 10.1. The van der Waals surface area contributed by atoms with E-state index >= 15 is 0 Å². The van der Waals surface area contributed by atoms with Crippen molar-refractivity contribution in [2.24, 2.45) is 0 Å². The van der Waals surface area contributed by atoms with Crippen molar-refractivity contribution in [1.29, 1.82) is 0 Å². The maximum atomic E-state index is 12.8. The van der Waals surface area contributed by atoms with Crippen LogP contribution in [0.15, 0.2) is 29.2 Å². The van der Waals surface area contributed by atoms with Crippen LogP contribution in [0.3, 0.4) is 0 Å². The summed E-state index contributed by atoms with van der Waals surface area (Å²) in [4.78, 5) is 37.6. The van der Waals surface area contributed by atoms with Gasteiger partial charge in [-0.05, 0) is 38.0 Å². The Morgan fingerprint density at radius 2 is 1.93 bits per heavy atom. The van der Waals surface area contributed by atoms with Crippen molar-refractivity contribution < 1.29 is 9.53 Å². The van der Waals surface area contributed by atoms with Crippen LogP contribution in [0, 0.1) is 20.8 Å². The number of aromatic amines is 1. The standard InChI is InChI=1S/C21H26N6O3/c1-14-5-4-6-18(15(14)2)30-12-11-25-7-9-26(10-8-25)19(28)17-13-22-21-23-16(3)24-27(21)20(17)29/h4-6,13H,7-12H2,1-3H3,(H,22,23,24). The van der Waals surface area contributed by atoms with Gasteiger partial charge in [0.25, 0.3) is 17.2 Å². The molecule has 2 aromatic heterocycles. The lowest BCUT2D eigenvalue weighted by Crippen LogP contribution is -2.50. The van der Waals surface area contributed by atoms with E-state index in [4.69, 9.17) is 4.74 Å². The van der Waals surface area contributed by atoms with E-state index in [1.165, 1.54) is 16.3 Å². The van der Waals surface area contributed by atoms with E-state index in [-0.39, 0.29) is 17.2 Å². The van der Waals surface area contributed by atoms with E-state index in [9.17, 15) is 9.59 Å². The lowest BCUT2D eigenvalue weighted by atomic mass is 10.1. The van der Waals surface area contributed by atoms with Gasteiger partial charge >= 0.3 is 0 Å². The van der Waals surface area contributed by atoms with E-state index in [0.29, 0.717) is 25.5 Å². The van der Waals surface area contributed by atoms with Crippen molar-refractivity contribution in [3.05, 3.63) is 57.3 Å². The third-order valence-corrected chi connectivity index (χ3v) is 5.59. The van der Waals surface area contributed by atoms with E-state index < -0.39 is 5.56 Å². The average Bonchev–Trinajstić information content (AvgIpc) is 3.13. The topological polar surface area (TPSA) is 95.8 Å². The molecular formula is C21H26N6O3. The van der Waals surface area contributed by atoms with Crippen LogP contribution in [0.5, 0.6) is 5.75 Å². The smallest absolute Gasteiger partial charge is 0.286 e. The third kappa shape index (κ3) is 3.93. The molecule has 1 N–H and O–H groups in total. The molecule has 1 saturated heterocycles. The van der Waals surface area contributed by atoms with Crippen molar-refractivity contribution in [2.75, 3.05) is 39.3 Å². The minimum absolute atomic E-state index is 0.0582. The summed E-state index contributed by atoms with van der Waals surface area (Å²) in [6.45, 7) is 9.86. The molecule has 0 saturated carbocycles. The Morgan fingerprint density at radius 1 is 1.17 bits per heavy atom. The largest absolute Gasteiger partial charge is 0.492 e. The number of piperazine rings is 1. The molecule has 0 bridgehead atoms. The molecule has 0 atom stereocenters. The molecule has 158 valence electrons. The monoisotopic (exact) mass is 410 g/mol. The van der Waals surface area contributed by atoms with Gasteiger partial charge in [0.15, 0.2) is 0 Å². The molecule has 30 heavy (non-hydrogen) atoms. The predicted octanol–water partition coefficient (Wildman–Crippen LogP) is 1.18. The number of nitrogens with one attached hydrogen (secondary N) is 1. The second-order valence-corrected chi connectivity index (χ2v) is 7.60. The summed E-state index contributed by atoms with van der Waals surface area (Å²) < 4.78 is 7.15.